The highest BCUT2D eigenvalue weighted by molar-refractivity contribution is 5.56. The molecule has 0 bridgehead atoms. The van der Waals surface area contributed by atoms with E-state index in [0.29, 0.717) is 17.6 Å². The Morgan fingerprint density at radius 2 is 1.22 bits per heavy atom. The van der Waals surface area contributed by atoms with Crippen molar-refractivity contribution >= 4 is 5.69 Å². The average Bonchev–Trinajstić information content (AvgIpc) is 2.14. The van der Waals surface area contributed by atoms with Crippen molar-refractivity contribution < 1.29 is 29.1 Å². The molecule has 3 heteroatoms. The monoisotopic (exact) mass is 363 g/mol. The van der Waals surface area contributed by atoms with E-state index in [4.69, 9.17) is 0 Å². The van der Waals surface area contributed by atoms with Crippen molar-refractivity contribution in [3.05, 3.63) is 23.3 Å². The molecule has 1 aromatic carbocycles. The van der Waals surface area contributed by atoms with Crippen LogP contribution in [0.4, 0.5) is 5.69 Å². The first-order valence-electron chi connectivity index (χ1n) is 6.33. The summed E-state index contributed by atoms with van der Waals surface area (Å²) < 4.78 is 0.778. The van der Waals surface area contributed by atoms with E-state index < -0.39 is 0 Å². The Morgan fingerprint density at radius 3 is 1.44 bits per heavy atom. The van der Waals surface area contributed by atoms with Gasteiger partial charge in [-0.25, -0.2) is 0 Å². The maximum atomic E-state index is 10.3. The zero-order valence-electron chi connectivity index (χ0n) is 12.6. The molecule has 0 radical (unpaired) electrons. The number of nitrogens with zero attached hydrogens (tertiary/aromatic N) is 1. The highest BCUT2D eigenvalue weighted by Crippen LogP contribution is 2.37. The van der Waals surface area contributed by atoms with Crippen LogP contribution in [0.2, 0.25) is 0 Å². The minimum absolute atomic E-state index is 0. The largest absolute Gasteiger partial charge is 1.00 e. The van der Waals surface area contributed by atoms with E-state index in [2.05, 4.69) is 61.0 Å². The van der Waals surface area contributed by atoms with E-state index in [1.54, 1.807) is 0 Å². The van der Waals surface area contributed by atoms with Crippen molar-refractivity contribution in [2.24, 2.45) is 0 Å². The van der Waals surface area contributed by atoms with Crippen LogP contribution in [-0.2, 0) is 0 Å². The molecule has 0 fully saturated rings. The second-order valence-electron chi connectivity index (χ2n) is 6.29. The molecule has 1 N–H and O–H groups in total. The zero-order chi connectivity index (χ0) is 13.4. The van der Waals surface area contributed by atoms with Crippen LogP contribution in [-0.4, -0.2) is 26.2 Å². The van der Waals surface area contributed by atoms with E-state index in [9.17, 15) is 5.11 Å². The predicted octanol–water partition coefficient (Wildman–Crippen LogP) is 0.840. The van der Waals surface area contributed by atoms with Crippen LogP contribution in [0.1, 0.15) is 50.7 Å². The van der Waals surface area contributed by atoms with Gasteiger partial charge in [0.1, 0.15) is 11.4 Å². The topological polar surface area (TPSA) is 20.2 Å². The SMILES string of the molecule is CC(C)c1cc([N+](C)(C)C)cc(C(C)C)c1O.[I-]. The van der Waals surface area contributed by atoms with Gasteiger partial charge in [0, 0.05) is 23.3 Å². The molecule has 0 aromatic heterocycles. The zero-order valence-corrected chi connectivity index (χ0v) is 14.7. The number of rotatable bonds is 3. The van der Waals surface area contributed by atoms with Crippen LogP contribution in [0.15, 0.2) is 12.1 Å². The number of benzene rings is 1. The quantitative estimate of drug-likeness (QED) is 0.624. The molecule has 0 saturated carbocycles. The lowest BCUT2D eigenvalue weighted by Crippen LogP contribution is -3.00. The van der Waals surface area contributed by atoms with E-state index in [1.807, 2.05) is 0 Å². The molecule has 18 heavy (non-hydrogen) atoms. The Morgan fingerprint density at radius 1 is 0.889 bits per heavy atom. The summed E-state index contributed by atoms with van der Waals surface area (Å²) in [6.07, 6.45) is 0. The molecule has 104 valence electrons. The summed E-state index contributed by atoms with van der Waals surface area (Å²) in [4.78, 5) is 0. The molecular weight excluding hydrogens is 337 g/mol. The van der Waals surface area contributed by atoms with Crippen LogP contribution in [0.3, 0.4) is 0 Å². The second-order valence-corrected chi connectivity index (χ2v) is 6.29. The molecule has 1 aromatic rings. The van der Waals surface area contributed by atoms with Crippen LogP contribution in [0.25, 0.3) is 0 Å². The van der Waals surface area contributed by atoms with E-state index in [1.165, 1.54) is 5.69 Å². The summed E-state index contributed by atoms with van der Waals surface area (Å²) in [5.41, 5.74) is 3.36. The van der Waals surface area contributed by atoms with Crippen molar-refractivity contribution in [3.63, 3.8) is 0 Å². The molecule has 0 amide bonds. The van der Waals surface area contributed by atoms with Gasteiger partial charge < -0.3 is 29.1 Å². The molecular formula is C15H26INO. The highest BCUT2D eigenvalue weighted by Gasteiger charge is 2.21. The Kier molecular flexibility index (Phi) is 6.14. The van der Waals surface area contributed by atoms with Crippen molar-refractivity contribution in [2.75, 3.05) is 21.1 Å². The first kappa shape index (κ1) is 17.7. The van der Waals surface area contributed by atoms with Gasteiger partial charge in [-0.2, -0.15) is 0 Å². The number of hydrogen-bond acceptors (Lipinski definition) is 1. The number of halogens is 1. The number of quaternary nitrogens is 1. The van der Waals surface area contributed by atoms with Gasteiger partial charge in [-0.3, -0.25) is 4.48 Å². The van der Waals surface area contributed by atoms with Crippen molar-refractivity contribution in [1.29, 1.82) is 0 Å². The Labute approximate surface area is 129 Å². The van der Waals surface area contributed by atoms with Crippen molar-refractivity contribution in [1.82, 2.24) is 4.48 Å². The minimum Gasteiger partial charge on any atom is -1.00 e. The summed E-state index contributed by atoms with van der Waals surface area (Å²) in [6.45, 7) is 8.49. The summed E-state index contributed by atoms with van der Waals surface area (Å²) in [7, 11) is 6.46. The van der Waals surface area contributed by atoms with E-state index >= 15 is 0 Å². The predicted molar refractivity (Wildman–Crippen MR) is 75.9 cm³/mol. The fraction of sp³-hybridized carbons (Fsp3) is 0.600. The molecule has 0 spiro atoms. The van der Waals surface area contributed by atoms with Gasteiger partial charge in [-0.15, -0.1) is 0 Å². The molecule has 0 aliphatic rings. The number of hydrogen-bond donors (Lipinski definition) is 1. The van der Waals surface area contributed by atoms with Crippen molar-refractivity contribution in [3.8, 4) is 5.75 Å². The summed E-state index contributed by atoms with van der Waals surface area (Å²) in [5, 5.41) is 10.3. The molecule has 0 unspecified atom stereocenters. The molecule has 0 atom stereocenters. The van der Waals surface area contributed by atoms with Gasteiger partial charge in [0.2, 0.25) is 0 Å². The third kappa shape index (κ3) is 3.85. The molecule has 2 nitrogen and oxygen atoms in total. The van der Waals surface area contributed by atoms with Crippen LogP contribution in [0.5, 0.6) is 5.75 Å². The average molecular weight is 363 g/mol. The van der Waals surface area contributed by atoms with Gasteiger partial charge in [-0.05, 0) is 11.8 Å². The normalized spacial score (nSPS) is 11.8. The summed E-state index contributed by atoms with van der Waals surface area (Å²) >= 11 is 0. The fourth-order valence-corrected chi connectivity index (χ4v) is 1.93. The molecule has 1 rings (SSSR count). The van der Waals surface area contributed by atoms with Gasteiger partial charge in [-0.1, -0.05) is 27.7 Å². The molecule has 0 saturated heterocycles. The third-order valence-electron chi connectivity index (χ3n) is 3.17. The Hall–Kier alpha value is -0.290. The molecule has 0 heterocycles. The number of phenols is 1. The van der Waals surface area contributed by atoms with Crippen LogP contribution in [0, 0.1) is 0 Å². The van der Waals surface area contributed by atoms with Gasteiger partial charge in [0.05, 0.1) is 21.1 Å². The summed E-state index contributed by atoms with van der Waals surface area (Å²) in [6, 6.07) is 4.26. The standard InChI is InChI=1S/C15H25NO.HI/c1-10(2)13-8-12(16(5,6)7)9-14(11(3)4)15(13)17;/h8-11H,1-7H3;1H. The summed E-state index contributed by atoms with van der Waals surface area (Å²) in [5.74, 6) is 1.17. The maximum Gasteiger partial charge on any atom is 0.133 e. The number of phenolic OH excluding ortho intramolecular Hbond substituents is 1. The van der Waals surface area contributed by atoms with Gasteiger partial charge >= 0.3 is 0 Å². The first-order valence-corrected chi connectivity index (χ1v) is 6.33. The van der Waals surface area contributed by atoms with E-state index in [0.717, 1.165) is 15.6 Å². The third-order valence-corrected chi connectivity index (χ3v) is 3.17. The second kappa shape index (κ2) is 6.24. The highest BCUT2D eigenvalue weighted by atomic mass is 127. The Balaban J connectivity index is 0.00000289. The van der Waals surface area contributed by atoms with Crippen LogP contribution < -0.4 is 28.5 Å². The lowest BCUT2D eigenvalue weighted by atomic mass is 9.92. The minimum atomic E-state index is 0. The maximum absolute atomic E-state index is 10.3. The lowest BCUT2D eigenvalue weighted by molar-refractivity contribution is -0.00000519. The lowest BCUT2D eigenvalue weighted by Gasteiger charge is -2.26. The smallest absolute Gasteiger partial charge is 0.133 e. The number of aromatic hydroxyl groups is 1. The molecule has 0 aliphatic heterocycles. The Bertz CT molecular complexity index is 376. The van der Waals surface area contributed by atoms with E-state index in [-0.39, 0.29) is 24.0 Å². The first-order chi connectivity index (χ1) is 7.64. The molecule has 0 aliphatic carbocycles. The fourth-order valence-electron chi connectivity index (χ4n) is 1.93. The van der Waals surface area contributed by atoms with Gasteiger partial charge in [0.15, 0.2) is 0 Å². The van der Waals surface area contributed by atoms with Crippen LogP contribution >= 0.6 is 0 Å². The van der Waals surface area contributed by atoms with Gasteiger partial charge in [0.25, 0.3) is 0 Å². The van der Waals surface area contributed by atoms with Crippen molar-refractivity contribution in [2.45, 2.75) is 39.5 Å².